The van der Waals surface area contributed by atoms with Crippen molar-refractivity contribution in [2.45, 2.75) is 18.6 Å². The summed E-state index contributed by atoms with van der Waals surface area (Å²) in [4.78, 5) is 16.6. The lowest BCUT2D eigenvalue weighted by atomic mass is 9.89. The highest BCUT2D eigenvalue weighted by atomic mass is 16.6. The van der Waals surface area contributed by atoms with E-state index < -0.39 is 0 Å². The fraction of sp³-hybridized carbons (Fsp3) is 0.583. The first-order valence-corrected chi connectivity index (χ1v) is 6.09. The van der Waals surface area contributed by atoms with Crippen molar-refractivity contribution >= 4 is 19.0 Å². The maximum atomic E-state index is 11.9. The molecule has 6 heteroatoms. The quantitative estimate of drug-likeness (QED) is 0.657. The molecule has 2 aliphatic rings. The molecule has 0 bridgehead atoms. The van der Waals surface area contributed by atoms with Crippen LogP contribution in [0.5, 0.6) is 0 Å². The van der Waals surface area contributed by atoms with E-state index in [9.17, 15) is 4.79 Å². The molecule has 0 unspecified atom stereocenters. The van der Waals surface area contributed by atoms with Crippen LogP contribution in [-0.2, 0) is 9.47 Å². The van der Waals surface area contributed by atoms with Crippen LogP contribution in [0.2, 0.25) is 0 Å². The van der Waals surface area contributed by atoms with E-state index in [1.807, 2.05) is 0 Å². The van der Waals surface area contributed by atoms with Gasteiger partial charge in [0.25, 0.3) is 5.56 Å². The molecule has 0 amide bonds. The third kappa shape index (κ3) is 1.68. The van der Waals surface area contributed by atoms with E-state index in [4.69, 9.17) is 17.3 Å². The summed E-state index contributed by atoms with van der Waals surface area (Å²) in [5.41, 5.74) is 0.780. The molecule has 0 aromatic carbocycles. The molecule has 1 N–H and O–H groups in total. The number of aromatic nitrogens is 1. The highest BCUT2D eigenvalue weighted by Gasteiger charge is 2.50. The third-order valence-corrected chi connectivity index (χ3v) is 3.86. The molecule has 1 aromatic rings. The molecule has 3 heterocycles. The number of anilines is 1. The van der Waals surface area contributed by atoms with Crippen LogP contribution in [0.15, 0.2) is 17.1 Å². The van der Waals surface area contributed by atoms with Crippen molar-refractivity contribution in [3.63, 3.8) is 0 Å². The SMILES string of the molecule is [B]c1c[nH]c(=O)c(N2CCOC3(COC3)[C@@H]2C)c1. The van der Waals surface area contributed by atoms with Crippen LogP contribution in [0, 0.1) is 0 Å². The molecular weight excluding hydrogens is 231 g/mol. The van der Waals surface area contributed by atoms with Crippen LogP contribution < -0.4 is 15.9 Å². The Bertz CT molecular complexity index is 512. The first-order chi connectivity index (χ1) is 8.62. The average molecular weight is 246 g/mol. The summed E-state index contributed by atoms with van der Waals surface area (Å²) in [6.07, 6.45) is 1.51. The van der Waals surface area contributed by atoms with Crippen molar-refractivity contribution in [1.82, 2.24) is 4.98 Å². The Kier molecular flexibility index (Phi) is 2.71. The second-order valence-corrected chi connectivity index (χ2v) is 4.92. The molecule has 18 heavy (non-hydrogen) atoms. The second-order valence-electron chi connectivity index (χ2n) is 4.92. The van der Waals surface area contributed by atoms with Crippen molar-refractivity contribution in [3.05, 3.63) is 22.6 Å². The number of H-pyrrole nitrogens is 1. The van der Waals surface area contributed by atoms with Gasteiger partial charge in [0, 0.05) is 6.54 Å². The Morgan fingerprint density at radius 1 is 1.56 bits per heavy atom. The Morgan fingerprint density at radius 3 is 3.00 bits per heavy atom. The highest BCUT2D eigenvalue weighted by Crippen LogP contribution is 2.33. The molecule has 2 aliphatic heterocycles. The van der Waals surface area contributed by atoms with Gasteiger partial charge in [-0.3, -0.25) is 4.79 Å². The smallest absolute Gasteiger partial charge is 0.271 e. The fourth-order valence-corrected chi connectivity index (χ4v) is 2.60. The van der Waals surface area contributed by atoms with E-state index in [-0.39, 0.29) is 17.2 Å². The van der Waals surface area contributed by atoms with Gasteiger partial charge >= 0.3 is 0 Å². The molecule has 2 radical (unpaired) electrons. The maximum absolute atomic E-state index is 11.9. The molecule has 1 aromatic heterocycles. The lowest BCUT2D eigenvalue weighted by Gasteiger charge is -2.53. The summed E-state index contributed by atoms with van der Waals surface area (Å²) in [6.45, 7) is 4.53. The van der Waals surface area contributed by atoms with Crippen molar-refractivity contribution in [2.75, 3.05) is 31.3 Å². The number of rotatable bonds is 1. The van der Waals surface area contributed by atoms with Gasteiger partial charge in [-0.2, -0.15) is 0 Å². The summed E-state index contributed by atoms with van der Waals surface area (Å²) in [5, 5.41) is 0. The van der Waals surface area contributed by atoms with Gasteiger partial charge in [0.15, 0.2) is 0 Å². The van der Waals surface area contributed by atoms with Crippen LogP contribution >= 0.6 is 0 Å². The first-order valence-electron chi connectivity index (χ1n) is 6.09. The molecule has 2 saturated heterocycles. The molecule has 0 aliphatic carbocycles. The Hall–Kier alpha value is -1.27. The van der Waals surface area contributed by atoms with E-state index in [2.05, 4.69) is 16.8 Å². The van der Waals surface area contributed by atoms with Crippen LogP contribution in [0.4, 0.5) is 5.69 Å². The number of hydrogen-bond donors (Lipinski definition) is 1. The number of nitrogens with one attached hydrogen (secondary N) is 1. The zero-order valence-electron chi connectivity index (χ0n) is 10.3. The highest BCUT2D eigenvalue weighted by molar-refractivity contribution is 6.32. The van der Waals surface area contributed by atoms with Crippen LogP contribution in [0.3, 0.4) is 0 Å². The van der Waals surface area contributed by atoms with Gasteiger partial charge in [0.05, 0.1) is 25.9 Å². The number of aromatic amines is 1. The molecular formula is C12H15BN2O3. The first kappa shape index (κ1) is 11.8. The van der Waals surface area contributed by atoms with Gasteiger partial charge in [-0.05, 0) is 19.2 Å². The van der Waals surface area contributed by atoms with E-state index in [0.717, 1.165) is 0 Å². The number of hydrogen-bond acceptors (Lipinski definition) is 4. The minimum Gasteiger partial charge on any atom is -0.375 e. The topological polar surface area (TPSA) is 54.6 Å². The van der Waals surface area contributed by atoms with Crippen molar-refractivity contribution < 1.29 is 9.47 Å². The predicted molar refractivity (Wildman–Crippen MR) is 68.8 cm³/mol. The predicted octanol–water partition coefficient (Wildman–Crippen LogP) is -0.837. The van der Waals surface area contributed by atoms with E-state index in [1.165, 1.54) is 6.20 Å². The molecule has 0 saturated carbocycles. The van der Waals surface area contributed by atoms with Gasteiger partial charge in [-0.1, -0.05) is 5.46 Å². The molecule has 1 atom stereocenters. The minimum absolute atomic E-state index is 0.0999. The molecule has 1 spiro atoms. The van der Waals surface area contributed by atoms with E-state index >= 15 is 0 Å². The van der Waals surface area contributed by atoms with Crippen molar-refractivity contribution in [2.24, 2.45) is 0 Å². The summed E-state index contributed by atoms with van der Waals surface area (Å²) >= 11 is 0. The Morgan fingerprint density at radius 2 is 2.33 bits per heavy atom. The summed E-state index contributed by atoms with van der Waals surface area (Å²) in [5.74, 6) is 0. The van der Waals surface area contributed by atoms with Gasteiger partial charge in [-0.15, -0.1) is 0 Å². The van der Waals surface area contributed by atoms with Crippen LogP contribution in [-0.4, -0.2) is 50.8 Å². The lowest BCUT2D eigenvalue weighted by molar-refractivity contribution is -0.228. The van der Waals surface area contributed by atoms with Crippen molar-refractivity contribution in [3.8, 4) is 0 Å². The van der Waals surface area contributed by atoms with Gasteiger partial charge in [0.1, 0.15) is 19.1 Å². The molecule has 94 valence electrons. The zero-order chi connectivity index (χ0) is 12.8. The molecule has 2 fully saturated rings. The fourth-order valence-electron chi connectivity index (χ4n) is 2.60. The number of morpholine rings is 1. The largest absolute Gasteiger partial charge is 0.375 e. The lowest BCUT2D eigenvalue weighted by Crippen LogP contribution is -2.68. The second kappa shape index (κ2) is 4.14. The average Bonchev–Trinajstić information content (AvgIpc) is 2.31. The van der Waals surface area contributed by atoms with Crippen LogP contribution in [0.25, 0.3) is 0 Å². The normalized spacial score (nSPS) is 26.1. The van der Waals surface area contributed by atoms with E-state index in [0.29, 0.717) is 37.5 Å². The summed E-state index contributed by atoms with van der Waals surface area (Å²) in [7, 11) is 5.74. The monoisotopic (exact) mass is 246 g/mol. The van der Waals surface area contributed by atoms with Crippen LogP contribution in [0.1, 0.15) is 6.92 Å². The maximum Gasteiger partial charge on any atom is 0.271 e. The molecule has 5 nitrogen and oxygen atoms in total. The molecule has 3 rings (SSSR count). The van der Waals surface area contributed by atoms with Gasteiger partial charge in [-0.25, -0.2) is 0 Å². The Balaban J connectivity index is 1.95. The minimum atomic E-state index is -0.269. The summed E-state index contributed by atoms with van der Waals surface area (Å²) < 4.78 is 11.1. The zero-order valence-corrected chi connectivity index (χ0v) is 10.3. The van der Waals surface area contributed by atoms with Gasteiger partial charge < -0.3 is 19.4 Å². The number of pyridine rings is 1. The van der Waals surface area contributed by atoms with Gasteiger partial charge in [0.2, 0.25) is 0 Å². The van der Waals surface area contributed by atoms with E-state index in [1.54, 1.807) is 6.07 Å². The third-order valence-electron chi connectivity index (χ3n) is 3.86. The number of nitrogens with zero attached hydrogens (tertiary/aromatic N) is 1. The Labute approximate surface area is 106 Å². The standard InChI is InChI=1S/C12H15BN2O3/c1-8-12(6-17-7-12)18-3-2-15(8)10-4-9(13)5-14-11(10)16/h4-5,8H,2-3,6-7H2,1H3,(H,14,16)/t8-/m0/s1. The van der Waals surface area contributed by atoms with Crippen molar-refractivity contribution in [1.29, 1.82) is 0 Å². The number of ether oxygens (including phenoxy) is 2. The summed E-state index contributed by atoms with van der Waals surface area (Å²) in [6, 6.07) is 1.82.